The number of methoxy groups -OCH3 is 1. The molecule has 1 atom stereocenters. The minimum atomic E-state index is -4.06. The summed E-state index contributed by atoms with van der Waals surface area (Å²) >= 11 is 0. The van der Waals surface area contributed by atoms with Crippen LogP contribution in [0.3, 0.4) is 0 Å². The van der Waals surface area contributed by atoms with E-state index in [1.807, 2.05) is 0 Å². The largest absolute Gasteiger partial charge is 0.481 e. The molecule has 98 valence electrons. The molecular formula is C11H12O6S. The van der Waals surface area contributed by atoms with Gasteiger partial charge in [-0.05, 0) is 12.1 Å². The quantitative estimate of drug-likeness (QED) is 0.783. The molecule has 18 heavy (non-hydrogen) atoms. The SMILES string of the molecule is COC(=O)C(CC(=O)O)S(=O)(=O)c1ccccc1. The van der Waals surface area contributed by atoms with Gasteiger partial charge in [-0.1, -0.05) is 18.2 Å². The van der Waals surface area contributed by atoms with E-state index >= 15 is 0 Å². The molecule has 1 aromatic rings. The van der Waals surface area contributed by atoms with Crippen LogP contribution in [0.15, 0.2) is 35.2 Å². The molecule has 1 aromatic carbocycles. The van der Waals surface area contributed by atoms with E-state index in [-0.39, 0.29) is 4.90 Å². The maximum absolute atomic E-state index is 12.1. The second-order valence-corrected chi connectivity index (χ2v) is 5.60. The van der Waals surface area contributed by atoms with E-state index in [1.54, 1.807) is 6.07 Å². The van der Waals surface area contributed by atoms with Crippen molar-refractivity contribution in [2.75, 3.05) is 7.11 Å². The Hall–Kier alpha value is -1.89. The Labute approximate surface area is 104 Å². The van der Waals surface area contributed by atoms with Crippen molar-refractivity contribution in [2.24, 2.45) is 0 Å². The van der Waals surface area contributed by atoms with E-state index in [2.05, 4.69) is 4.74 Å². The summed E-state index contributed by atoms with van der Waals surface area (Å²) in [6.45, 7) is 0. The van der Waals surface area contributed by atoms with Crippen LogP contribution in [0.4, 0.5) is 0 Å². The van der Waals surface area contributed by atoms with Crippen molar-refractivity contribution in [3.8, 4) is 0 Å². The van der Waals surface area contributed by atoms with Gasteiger partial charge in [0, 0.05) is 0 Å². The number of aliphatic carboxylic acids is 1. The molecule has 1 unspecified atom stereocenters. The fourth-order valence-electron chi connectivity index (χ4n) is 1.38. The van der Waals surface area contributed by atoms with Gasteiger partial charge in [-0.25, -0.2) is 8.42 Å². The summed E-state index contributed by atoms with van der Waals surface area (Å²) in [5.74, 6) is -2.47. The third-order valence-corrected chi connectivity index (χ3v) is 4.31. The van der Waals surface area contributed by atoms with Crippen LogP contribution in [-0.2, 0) is 24.2 Å². The van der Waals surface area contributed by atoms with Gasteiger partial charge in [-0.2, -0.15) is 0 Å². The van der Waals surface area contributed by atoms with Gasteiger partial charge < -0.3 is 9.84 Å². The van der Waals surface area contributed by atoms with Crippen LogP contribution in [0, 0.1) is 0 Å². The first kappa shape index (κ1) is 14.2. The number of carboxylic acids is 1. The van der Waals surface area contributed by atoms with Crippen molar-refractivity contribution in [3.63, 3.8) is 0 Å². The lowest BCUT2D eigenvalue weighted by Crippen LogP contribution is -2.33. The maximum Gasteiger partial charge on any atom is 0.325 e. The molecule has 0 bridgehead atoms. The van der Waals surface area contributed by atoms with Crippen LogP contribution in [0.25, 0.3) is 0 Å². The molecule has 0 saturated heterocycles. The highest BCUT2D eigenvalue weighted by Gasteiger charge is 2.36. The molecule has 0 heterocycles. The van der Waals surface area contributed by atoms with E-state index in [0.29, 0.717) is 0 Å². The third-order valence-electron chi connectivity index (χ3n) is 2.27. The number of sulfone groups is 1. The fourth-order valence-corrected chi connectivity index (χ4v) is 2.96. The maximum atomic E-state index is 12.1. The first-order valence-electron chi connectivity index (χ1n) is 4.98. The zero-order chi connectivity index (χ0) is 13.8. The van der Waals surface area contributed by atoms with Crippen LogP contribution in [0.1, 0.15) is 6.42 Å². The zero-order valence-electron chi connectivity index (χ0n) is 9.57. The topological polar surface area (TPSA) is 97.7 Å². The van der Waals surface area contributed by atoms with E-state index in [1.165, 1.54) is 24.3 Å². The molecule has 0 saturated carbocycles. The van der Waals surface area contributed by atoms with Crippen molar-refractivity contribution in [1.82, 2.24) is 0 Å². The summed E-state index contributed by atoms with van der Waals surface area (Å²) in [6, 6.07) is 7.19. The number of rotatable bonds is 5. The van der Waals surface area contributed by atoms with Crippen LogP contribution in [-0.4, -0.2) is 37.8 Å². The lowest BCUT2D eigenvalue weighted by molar-refractivity contribution is -0.145. The zero-order valence-corrected chi connectivity index (χ0v) is 10.4. The fraction of sp³-hybridized carbons (Fsp3) is 0.273. The van der Waals surface area contributed by atoms with E-state index in [0.717, 1.165) is 7.11 Å². The van der Waals surface area contributed by atoms with Gasteiger partial charge in [0.25, 0.3) is 0 Å². The smallest absolute Gasteiger partial charge is 0.325 e. The van der Waals surface area contributed by atoms with E-state index < -0.39 is 33.4 Å². The van der Waals surface area contributed by atoms with Gasteiger partial charge in [-0.3, -0.25) is 9.59 Å². The first-order chi connectivity index (χ1) is 8.39. The minimum Gasteiger partial charge on any atom is -0.481 e. The van der Waals surface area contributed by atoms with Gasteiger partial charge in [-0.15, -0.1) is 0 Å². The highest BCUT2D eigenvalue weighted by molar-refractivity contribution is 7.92. The third kappa shape index (κ3) is 3.07. The molecule has 0 aromatic heterocycles. The number of hydrogen-bond donors (Lipinski definition) is 1. The van der Waals surface area contributed by atoms with Gasteiger partial charge in [0.1, 0.15) is 0 Å². The average molecular weight is 272 g/mol. The highest BCUT2D eigenvalue weighted by atomic mass is 32.2. The number of esters is 1. The normalized spacial score (nSPS) is 12.7. The standard InChI is InChI=1S/C11H12O6S/c1-17-11(14)9(7-10(12)13)18(15,16)8-5-3-2-4-6-8/h2-6,9H,7H2,1H3,(H,12,13). The van der Waals surface area contributed by atoms with Crippen molar-refractivity contribution in [2.45, 2.75) is 16.6 Å². The van der Waals surface area contributed by atoms with Crippen molar-refractivity contribution >= 4 is 21.8 Å². The second kappa shape index (κ2) is 5.63. The Balaban J connectivity index is 3.20. The van der Waals surface area contributed by atoms with Crippen molar-refractivity contribution in [3.05, 3.63) is 30.3 Å². The number of hydrogen-bond acceptors (Lipinski definition) is 5. The number of carboxylic acid groups (broad SMARTS) is 1. The summed E-state index contributed by atoms with van der Waals surface area (Å²) in [4.78, 5) is 21.9. The summed E-state index contributed by atoms with van der Waals surface area (Å²) < 4.78 is 28.5. The molecule has 0 aliphatic heterocycles. The molecule has 0 spiro atoms. The monoisotopic (exact) mass is 272 g/mol. The summed E-state index contributed by atoms with van der Waals surface area (Å²) in [7, 11) is -3.05. The molecule has 0 aliphatic rings. The Bertz CT molecular complexity index is 534. The molecular weight excluding hydrogens is 260 g/mol. The van der Waals surface area contributed by atoms with Crippen LogP contribution in [0.2, 0.25) is 0 Å². The molecule has 0 radical (unpaired) electrons. The van der Waals surface area contributed by atoms with E-state index in [4.69, 9.17) is 5.11 Å². The Morgan fingerprint density at radius 1 is 1.28 bits per heavy atom. The van der Waals surface area contributed by atoms with Gasteiger partial charge in [0.2, 0.25) is 0 Å². The molecule has 1 N–H and O–H groups in total. The summed E-state index contributed by atoms with van der Waals surface area (Å²) in [5, 5.41) is 6.93. The van der Waals surface area contributed by atoms with Gasteiger partial charge in [0.15, 0.2) is 15.1 Å². The molecule has 0 amide bonds. The van der Waals surface area contributed by atoms with Crippen LogP contribution >= 0.6 is 0 Å². The van der Waals surface area contributed by atoms with Crippen molar-refractivity contribution in [1.29, 1.82) is 0 Å². The average Bonchev–Trinajstić information content (AvgIpc) is 2.35. The molecule has 6 nitrogen and oxygen atoms in total. The van der Waals surface area contributed by atoms with Crippen LogP contribution < -0.4 is 0 Å². The molecule has 7 heteroatoms. The van der Waals surface area contributed by atoms with Gasteiger partial charge in [0.05, 0.1) is 18.4 Å². The highest BCUT2D eigenvalue weighted by Crippen LogP contribution is 2.19. The van der Waals surface area contributed by atoms with Crippen LogP contribution in [0.5, 0.6) is 0 Å². The second-order valence-electron chi connectivity index (χ2n) is 3.47. The lowest BCUT2D eigenvalue weighted by atomic mass is 10.3. The van der Waals surface area contributed by atoms with Crippen molar-refractivity contribution < 1.29 is 27.9 Å². The summed E-state index contributed by atoms with van der Waals surface area (Å²) in [5.41, 5.74) is 0. The number of benzene rings is 1. The first-order valence-corrected chi connectivity index (χ1v) is 6.52. The predicted octanol–water partition coefficient (Wildman–Crippen LogP) is 0.477. The van der Waals surface area contributed by atoms with Gasteiger partial charge >= 0.3 is 11.9 Å². The Kier molecular flexibility index (Phi) is 4.43. The minimum absolute atomic E-state index is 0.110. The lowest BCUT2D eigenvalue weighted by Gasteiger charge is -2.13. The number of carbonyl (C=O) groups is 2. The molecule has 0 aliphatic carbocycles. The number of carbonyl (C=O) groups excluding carboxylic acids is 1. The Morgan fingerprint density at radius 2 is 1.83 bits per heavy atom. The Morgan fingerprint density at radius 3 is 2.28 bits per heavy atom. The molecule has 1 rings (SSSR count). The molecule has 0 fully saturated rings. The summed E-state index contributed by atoms with van der Waals surface area (Å²) in [6.07, 6.45) is -0.829. The number of ether oxygens (including phenoxy) is 1. The predicted molar refractivity (Wildman–Crippen MR) is 61.7 cm³/mol. The van der Waals surface area contributed by atoms with E-state index in [9.17, 15) is 18.0 Å².